The van der Waals surface area contributed by atoms with Gasteiger partial charge in [0, 0.05) is 12.2 Å². The number of benzene rings is 2. The van der Waals surface area contributed by atoms with Crippen LogP contribution >= 0.6 is 24.0 Å². The molecule has 20 heavy (non-hydrogen) atoms. The van der Waals surface area contributed by atoms with Gasteiger partial charge in [0.25, 0.3) is 0 Å². The molecule has 2 aromatic rings. The Morgan fingerprint density at radius 2 is 1.70 bits per heavy atom. The number of aryl methyl sites for hydroxylation is 1. The predicted octanol–water partition coefficient (Wildman–Crippen LogP) is 3.58. The van der Waals surface area contributed by atoms with Crippen molar-refractivity contribution in [3.05, 3.63) is 65.7 Å². The lowest BCUT2D eigenvalue weighted by atomic mass is 10.1. The number of halogens is 1. The van der Waals surface area contributed by atoms with E-state index in [0.29, 0.717) is 12.5 Å². The number of anilines is 1. The van der Waals surface area contributed by atoms with Crippen LogP contribution in [-0.2, 0) is 6.42 Å². The summed E-state index contributed by atoms with van der Waals surface area (Å²) in [5.74, 6) is 0.457. The fraction of sp³-hybridized carbons (Fsp3) is 0.188. The second-order valence-corrected chi connectivity index (χ2v) is 4.49. The van der Waals surface area contributed by atoms with Crippen molar-refractivity contribution >= 4 is 35.6 Å². The molecule has 0 saturated carbocycles. The number of nitrogens with one attached hydrogen (secondary N) is 1. The monoisotopic (exact) mass is 381 g/mol. The Bertz CT molecular complexity index is 535. The molecular formula is C16H20IN3. The summed E-state index contributed by atoms with van der Waals surface area (Å²) in [7, 11) is 0. The zero-order valence-corrected chi connectivity index (χ0v) is 13.9. The van der Waals surface area contributed by atoms with E-state index in [1.165, 1.54) is 11.1 Å². The normalized spacial score (nSPS) is 10.8. The van der Waals surface area contributed by atoms with Gasteiger partial charge in [0.05, 0.1) is 0 Å². The molecule has 0 saturated heterocycles. The third-order valence-electron chi connectivity index (χ3n) is 2.85. The van der Waals surface area contributed by atoms with Crippen LogP contribution in [-0.4, -0.2) is 12.5 Å². The van der Waals surface area contributed by atoms with Gasteiger partial charge in [-0.05, 0) is 31.0 Å². The first kappa shape index (κ1) is 16.5. The van der Waals surface area contributed by atoms with Crippen molar-refractivity contribution in [1.82, 2.24) is 0 Å². The third kappa shape index (κ3) is 5.61. The van der Waals surface area contributed by atoms with Crippen molar-refractivity contribution in [2.24, 2.45) is 10.7 Å². The molecule has 0 bridgehead atoms. The molecular weight excluding hydrogens is 361 g/mol. The van der Waals surface area contributed by atoms with Gasteiger partial charge in [-0.2, -0.15) is 0 Å². The van der Waals surface area contributed by atoms with E-state index in [1.807, 2.05) is 30.3 Å². The highest BCUT2D eigenvalue weighted by Crippen LogP contribution is 2.05. The van der Waals surface area contributed by atoms with Crippen LogP contribution in [0.15, 0.2) is 59.6 Å². The number of hydrogen-bond acceptors (Lipinski definition) is 1. The molecule has 0 fully saturated rings. The molecule has 0 aromatic heterocycles. The molecule has 3 N–H and O–H groups in total. The summed E-state index contributed by atoms with van der Waals surface area (Å²) >= 11 is 0. The van der Waals surface area contributed by atoms with E-state index in [2.05, 4.69) is 41.5 Å². The first-order chi connectivity index (χ1) is 9.24. The van der Waals surface area contributed by atoms with Crippen LogP contribution in [0.25, 0.3) is 0 Å². The van der Waals surface area contributed by atoms with Crippen molar-refractivity contribution in [1.29, 1.82) is 0 Å². The minimum atomic E-state index is 0. The van der Waals surface area contributed by atoms with Crippen LogP contribution in [0.1, 0.15) is 11.1 Å². The van der Waals surface area contributed by atoms with Crippen molar-refractivity contribution in [3.63, 3.8) is 0 Å². The second-order valence-electron chi connectivity index (χ2n) is 4.49. The number of guanidine groups is 1. The molecule has 2 aromatic carbocycles. The minimum Gasteiger partial charge on any atom is -0.370 e. The summed E-state index contributed by atoms with van der Waals surface area (Å²) in [4.78, 5) is 4.32. The van der Waals surface area contributed by atoms with Crippen LogP contribution in [0.3, 0.4) is 0 Å². The maximum absolute atomic E-state index is 5.83. The van der Waals surface area contributed by atoms with Crippen LogP contribution < -0.4 is 11.1 Å². The van der Waals surface area contributed by atoms with E-state index in [4.69, 9.17) is 5.73 Å². The smallest absolute Gasteiger partial charge is 0.193 e. The predicted molar refractivity (Wildman–Crippen MR) is 96.9 cm³/mol. The zero-order valence-electron chi connectivity index (χ0n) is 11.5. The molecule has 0 spiro atoms. The number of hydrogen-bond donors (Lipinski definition) is 2. The second kappa shape index (κ2) is 8.58. The summed E-state index contributed by atoms with van der Waals surface area (Å²) in [6, 6.07) is 18.3. The maximum atomic E-state index is 5.83. The minimum absolute atomic E-state index is 0. The van der Waals surface area contributed by atoms with Crippen molar-refractivity contribution in [3.8, 4) is 0 Å². The van der Waals surface area contributed by atoms with Gasteiger partial charge < -0.3 is 11.1 Å². The van der Waals surface area contributed by atoms with Crippen LogP contribution in [0.2, 0.25) is 0 Å². The number of nitrogens with two attached hydrogens (primary N) is 1. The largest absolute Gasteiger partial charge is 0.370 e. The van der Waals surface area contributed by atoms with E-state index in [1.54, 1.807) is 0 Å². The van der Waals surface area contributed by atoms with Gasteiger partial charge in [-0.25, -0.2) is 0 Å². The van der Waals surface area contributed by atoms with E-state index < -0.39 is 0 Å². The Labute approximate surface area is 137 Å². The fourth-order valence-corrected chi connectivity index (χ4v) is 1.77. The molecule has 2 rings (SSSR count). The Balaban J connectivity index is 0.00000200. The van der Waals surface area contributed by atoms with Gasteiger partial charge in [-0.3, -0.25) is 4.99 Å². The average Bonchev–Trinajstić information content (AvgIpc) is 2.42. The van der Waals surface area contributed by atoms with Crippen LogP contribution in [0.5, 0.6) is 0 Å². The SMILES string of the molecule is Cc1ccc(CCN=C(N)Nc2ccccc2)cc1.I. The molecule has 0 radical (unpaired) electrons. The summed E-state index contributed by atoms with van der Waals surface area (Å²) in [5.41, 5.74) is 9.35. The van der Waals surface area contributed by atoms with Gasteiger partial charge in [0.1, 0.15) is 0 Å². The van der Waals surface area contributed by atoms with Crippen LogP contribution in [0.4, 0.5) is 5.69 Å². The first-order valence-corrected chi connectivity index (χ1v) is 6.41. The third-order valence-corrected chi connectivity index (χ3v) is 2.85. The topological polar surface area (TPSA) is 50.4 Å². The Morgan fingerprint density at radius 1 is 1.05 bits per heavy atom. The quantitative estimate of drug-likeness (QED) is 0.483. The number of nitrogens with zero attached hydrogens (tertiary/aromatic N) is 1. The van der Waals surface area contributed by atoms with Crippen molar-refractivity contribution in [2.75, 3.05) is 11.9 Å². The molecule has 106 valence electrons. The maximum Gasteiger partial charge on any atom is 0.193 e. The Hall–Kier alpha value is -1.56. The van der Waals surface area contributed by atoms with Gasteiger partial charge >= 0.3 is 0 Å². The van der Waals surface area contributed by atoms with Gasteiger partial charge in [-0.15, -0.1) is 24.0 Å². The lowest BCUT2D eigenvalue weighted by Gasteiger charge is -2.05. The van der Waals surface area contributed by atoms with Gasteiger partial charge in [-0.1, -0.05) is 48.0 Å². The highest BCUT2D eigenvalue weighted by molar-refractivity contribution is 14.0. The van der Waals surface area contributed by atoms with Crippen molar-refractivity contribution < 1.29 is 0 Å². The lowest BCUT2D eigenvalue weighted by molar-refractivity contribution is 0.964. The highest BCUT2D eigenvalue weighted by Gasteiger charge is 1.95. The van der Waals surface area contributed by atoms with Gasteiger partial charge in [0.15, 0.2) is 5.96 Å². The molecule has 0 amide bonds. The summed E-state index contributed by atoms with van der Waals surface area (Å²) < 4.78 is 0. The zero-order chi connectivity index (χ0) is 13.5. The molecule has 0 aliphatic heterocycles. The Morgan fingerprint density at radius 3 is 2.35 bits per heavy atom. The molecule has 3 nitrogen and oxygen atoms in total. The lowest BCUT2D eigenvalue weighted by Crippen LogP contribution is -2.23. The number of rotatable bonds is 4. The molecule has 0 aliphatic carbocycles. The average molecular weight is 381 g/mol. The Kier molecular flexibility index (Phi) is 7.08. The molecule has 0 heterocycles. The fourth-order valence-electron chi connectivity index (χ4n) is 1.77. The summed E-state index contributed by atoms with van der Waals surface area (Å²) in [5, 5.41) is 3.07. The standard InChI is InChI=1S/C16H19N3.HI/c1-13-7-9-14(10-8-13)11-12-18-16(17)19-15-5-3-2-4-6-15;/h2-10H,11-12H2,1H3,(H3,17,18,19);1H. The molecule has 4 heteroatoms. The van der Waals surface area contributed by atoms with Gasteiger partial charge in [0.2, 0.25) is 0 Å². The first-order valence-electron chi connectivity index (χ1n) is 6.41. The van der Waals surface area contributed by atoms with E-state index in [9.17, 15) is 0 Å². The summed E-state index contributed by atoms with van der Waals surface area (Å²) in [6.45, 7) is 2.78. The van der Waals surface area contributed by atoms with Crippen LogP contribution in [0, 0.1) is 6.92 Å². The van der Waals surface area contributed by atoms with Crippen molar-refractivity contribution in [2.45, 2.75) is 13.3 Å². The molecule has 0 atom stereocenters. The summed E-state index contributed by atoms with van der Waals surface area (Å²) in [6.07, 6.45) is 0.900. The molecule has 0 unspecified atom stereocenters. The number of aliphatic imine (C=N–C) groups is 1. The number of para-hydroxylation sites is 1. The van der Waals surface area contributed by atoms with E-state index in [-0.39, 0.29) is 24.0 Å². The highest BCUT2D eigenvalue weighted by atomic mass is 127. The van der Waals surface area contributed by atoms with E-state index in [0.717, 1.165) is 12.1 Å². The molecule has 0 aliphatic rings. The van der Waals surface area contributed by atoms with E-state index >= 15 is 0 Å².